The first-order valence-electron chi connectivity index (χ1n) is 7.64. The number of benzene rings is 1. The maximum absolute atomic E-state index is 6.11. The minimum absolute atomic E-state index is 0.492. The number of halogens is 1. The van der Waals surface area contributed by atoms with Crippen molar-refractivity contribution in [3.05, 3.63) is 78.1 Å². The van der Waals surface area contributed by atoms with E-state index in [1.54, 1.807) is 12.4 Å². The molecule has 3 heterocycles. The lowest BCUT2D eigenvalue weighted by atomic mass is 10.2. The summed E-state index contributed by atoms with van der Waals surface area (Å²) < 4.78 is 0. The molecule has 0 amide bonds. The fourth-order valence-electron chi connectivity index (χ4n) is 2.35. The monoisotopic (exact) mass is 345 g/mol. The summed E-state index contributed by atoms with van der Waals surface area (Å²) in [5.41, 5.74) is 2.15. The first-order valence-corrected chi connectivity index (χ1v) is 8.02. The molecule has 0 aliphatic carbocycles. The molecule has 0 spiro atoms. The first kappa shape index (κ1) is 15.4. The Balaban J connectivity index is 1.92. The van der Waals surface area contributed by atoms with E-state index in [0.717, 1.165) is 5.56 Å². The molecule has 0 N–H and O–H groups in total. The highest BCUT2D eigenvalue weighted by atomic mass is 35.5. The minimum atomic E-state index is 0.492. The van der Waals surface area contributed by atoms with Crippen molar-refractivity contribution in [1.82, 2.24) is 24.9 Å². The Morgan fingerprint density at radius 1 is 0.600 bits per heavy atom. The molecule has 0 aliphatic heterocycles. The van der Waals surface area contributed by atoms with Gasteiger partial charge in [0.15, 0.2) is 17.5 Å². The van der Waals surface area contributed by atoms with Crippen LogP contribution in [0, 0.1) is 0 Å². The number of rotatable bonds is 3. The third-order valence-electron chi connectivity index (χ3n) is 3.51. The Labute approximate surface area is 149 Å². The van der Waals surface area contributed by atoms with Crippen LogP contribution in [-0.2, 0) is 0 Å². The van der Waals surface area contributed by atoms with Crippen LogP contribution in [0.2, 0.25) is 5.02 Å². The molecule has 120 valence electrons. The molecule has 0 radical (unpaired) electrons. The van der Waals surface area contributed by atoms with E-state index in [0.29, 0.717) is 33.9 Å². The minimum Gasteiger partial charge on any atom is -0.253 e. The Hall–Kier alpha value is -3.18. The van der Waals surface area contributed by atoms with Crippen LogP contribution >= 0.6 is 11.6 Å². The van der Waals surface area contributed by atoms with Crippen molar-refractivity contribution < 1.29 is 0 Å². The molecule has 0 atom stereocenters. The zero-order valence-corrected chi connectivity index (χ0v) is 13.8. The Morgan fingerprint density at radius 2 is 1.20 bits per heavy atom. The summed E-state index contributed by atoms with van der Waals surface area (Å²) in [6.07, 6.45) is 3.41. The summed E-state index contributed by atoms with van der Waals surface area (Å²) in [5.74, 6) is 1.51. The van der Waals surface area contributed by atoms with E-state index in [4.69, 9.17) is 11.6 Å². The molecule has 1 aromatic carbocycles. The summed E-state index contributed by atoms with van der Waals surface area (Å²) in [6.45, 7) is 0. The molecule has 0 unspecified atom stereocenters. The van der Waals surface area contributed by atoms with Gasteiger partial charge in [0.1, 0.15) is 11.4 Å². The summed E-state index contributed by atoms with van der Waals surface area (Å²) in [4.78, 5) is 22.4. The quantitative estimate of drug-likeness (QED) is 0.553. The lowest BCUT2D eigenvalue weighted by molar-refractivity contribution is 1.05. The summed E-state index contributed by atoms with van der Waals surface area (Å²) in [7, 11) is 0. The molecule has 5 nitrogen and oxygen atoms in total. The van der Waals surface area contributed by atoms with Crippen molar-refractivity contribution in [3.8, 4) is 34.4 Å². The largest absolute Gasteiger partial charge is 0.253 e. The first-order chi connectivity index (χ1) is 12.3. The highest BCUT2D eigenvalue weighted by molar-refractivity contribution is 6.30. The number of nitrogens with zero attached hydrogens (tertiary/aromatic N) is 5. The standard InChI is InChI=1S/C19H12ClN5/c20-14-7-5-6-13(12-14)17-23-18(15-8-1-3-10-21-15)25-19(24-17)16-9-2-4-11-22-16/h1-12H. The zero-order chi connectivity index (χ0) is 17.1. The number of aromatic nitrogens is 5. The average Bonchev–Trinajstić information content (AvgIpc) is 2.69. The van der Waals surface area contributed by atoms with Crippen LogP contribution in [0.4, 0.5) is 0 Å². The number of pyridine rings is 2. The van der Waals surface area contributed by atoms with Crippen LogP contribution in [0.5, 0.6) is 0 Å². The molecule has 3 aromatic heterocycles. The lowest BCUT2D eigenvalue weighted by Gasteiger charge is -2.07. The fourth-order valence-corrected chi connectivity index (χ4v) is 2.54. The molecule has 0 aliphatic rings. The van der Waals surface area contributed by atoms with Gasteiger partial charge in [0.25, 0.3) is 0 Å². The van der Waals surface area contributed by atoms with E-state index < -0.39 is 0 Å². The second-order valence-electron chi connectivity index (χ2n) is 5.25. The highest BCUT2D eigenvalue weighted by Gasteiger charge is 2.13. The second kappa shape index (κ2) is 6.75. The van der Waals surface area contributed by atoms with Crippen molar-refractivity contribution >= 4 is 11.6 Å². The Kier molecular flexibility index (Phi) is 4.14. The van der Waals surface area contributed by atoms with Gasteiger partial charge in [-0.05, 0) is 36.4 Å². The van der Waals surface area contributed by atoms with E-state index in [-0.39, 0.29) is 0 Å². The van der Waals surface area contributed by atoms with Crippen LogP contribution in [0.15, 0.2) is 73.1 Å². The fraction of sp³-hybridized carbons (Fsp3) is 0. The van der Waals surface area contributed by atoms with Crippen molar-refractivity contribution in [2.75, 3.05) is 0 Å². The van der Waals surface area contributed by atoms with Crippen molar-refractivity contribution in [2.24, 2.45) is 0 Å². The smallest absolute Gasteiger partial charge is 0.182 e. The summed E-state index contributed by atoms with van der Waals surface area (Å²) >= 11 is 6.11. The number of hydrogen-bond donors (Lipinski definition) is 0. The topological polar surface area (TPSA) is 64.5 Å². The van der Waals surface area contributed by atoms with Crippen molar-refractivity contribution in [2.45, 2.75) is 0 Å². The molecule has 4 aromatic rings. The molecular weight excluding hydrogens is 334 g/mol. The van der Waals surface area contributed by atoms with Gasteiger partial charge in [-0.3, -0.25) is 9.97 Å². The third kappa shape index (κ3) is 3.36. The second-order valence-corrected chi connectivity index (χ2v) is 5.68. The molecule has 0 saturated heterocycles. The average molecular weight is 346 g/mol. The Morgan fingerprint density at radius 3 is 1.72 bits per heavy atom. The van der Waals surface area contributed by atoms with E-state index in [1.165, 1.54) is 0 Å². The van der Waals surface area contributed by atoms with Crippen LogP contribution in [0.1, 0.15) is 0 Å². The van der Waals surface area contributed by atoms with Gasteiger partial charge in [-0.25, -0.2) is 15.0 Å². The van der Waals surface area contributed by atoms with Crippen LogP contribution < -0.4 is 0 Å². The SMILES string of the molecule is Clc1cccc(-c2nc(-c3ccccn3)nc(-c3ccccn3)n2)c1. The van der Waals surface area contributed by atoms with Gasteiger partial charge in [-0.15, -0.1) is 0 Å². The van der Waals surface area contributed by atoms with Crippen LogP contribution in [-0.4, -0.2) is 24.9 Å². The lowest BCUT2D eigenvalue weighted by Crippen LogP contribution is -2.01. The summed E-state index contributed by atoms with van der Waals surface area (Å²) in [6, 6.07) is 18.6. The van der Waals surface area contributed by atoms with Gasteiger partial charge in [0, 0.05) is 23.0 Å². The van der Waals surface area contributed by atoms with Crippen LogP contribution in [0.25, 0.3) is 34.4 Å². The highest BCUT2D eigenvalue weighted by Crippen LogP contribution is 2.24. The maximum Gasteiger partial charge on any atom is 0.182 e. The van der Waals surface area contributed by atoms with Crippen molar-refractivity contribution in [1.29, 1.82) is 0 Å². The zero-order valence-electron chi connectivity index (χ0n) is 13.0. The van der Waals surface area contributed by atoms with Crippen molar-refractivity contribution in [3.63, 3.8) is 0 Å². The van der Waals surface area contributed by atoms with E-state index in [9.17, 15) is 0 Å². The molecule has 4 rings (SSSR count). The van der Waals surface area contributed by atoms with Crippen LogP contribution in [0.3, 0.4) is 0 Å². The number of hydrogen-bond acceptors (Lipinski definition) is 5. The molecule has 0 bridgehead atoms. The van der Waals surface area contributed by atoms with E-state index in [1.807, 2.05) is 60.7 Å². The molecule has 25 heavy (non-hydrogen) atoms. The van der Waals surface area contributed by atoms with Gasteiger partial charge in [-0.1, -0.05) is 35.9 Å². The summed E-state index contributed by atoms with van der Waals surface area (Å²) in [5, 5.41) is 0.622. The molecule has 0 fully saturated rings. The van der Waals surface area contributed by atoms with Gasteiger partial charge in [0.05, 0.1) is 0 Å². The van der Waals surface area contributed by atoms with E-state index in [2.05, 4.69) is 24.9 Å². The normalized spacial score (nSPS) is 10.6. The van der Waals surface area contributed by atoms with Gasteiger partial charge in [0.2, 0.25) is 0 Å². The molecule has 0 saturated carbocycles. The maximum atomic E-state index is 6.11. The predicted octanol–water partition coefficient (Wildman–Crippen LogP) is 4.32. The van der Waals surface area contributed by atoms with E-state index >= 15 is 0 Å². The molecular formula is C19H12ClN5. The van der Waals surface area contributed by atoms with Gasteiger partial charge < -0.3 is 0 Å². The van der Waals surface area contributed by atoms with Gasteiger partial charge in [-0.2, -0.15) is 0 Å². The van der Waals surface area contributed by atoms with Gasteiger partial charge >= 0.3 is 0 Å². The predicted molar refractivity (Wildman–Crippen MR) is 96.7 cm³/mol. The third-order valence-corrected chi connectivity index (χ3v) is 3.74. The Bertz CT molecular complexity index is 949. The molecule has 6 heteroatoms.